The van der Waals surface area contributed by atoms with E-state index in [-0.39, 0.29) is 5.97 Å². The summed E-state index contributed by atoms with van der Waals surface area (Å²) in [5, 5.41) is 0. The van der Waals surface area contributed by atoms with Crippen LogP contribution in [-0.2, 0) is 16.0 Å². The number of aromatic nitrogens is 2. The molecule has 0 fully saturated rings. The van der Waals surface area contributed by atoms with Gasteiger partial charge in [-0.1, -0.05) is 0 Å². The first-order chi connectivity index (χ1) is 8.69. The SMILES string of the molecule is COC(=O)CCc1nccc(-c2ccc(Br)s2)n1. The monoisotopic (exact) mass is 326 g/mol. The van der Waals surface area contributed by atoms with Crippen LogP contribution in [0.5, 0.6) is 0 Å². The summed E-state index contributed by atoms with van der Waals surface area (Å²) < 4.78 is 5.65. The number of rotatable bonds is 4. The number of thiophene rings is 1. The molecule has 6 heteroatoms. The van der Waals surface area contributed by atoms with Crippen LogP contribution in [0.25, 0.3) is 10.6 Å². The van der Waals surface area contributed by atoms with Crippen LogP contribution in [0.4, 0.5) is 0 Å². The summed E-state index contributed by atoms with van der Waals surface area (Å²) in [6, 6.07) is 5.84. The van der Waals surface area contributed by atoms with Gasteiger partial charge in [-0.25, -0.2) is 9.97 Å². The largest absolute Gasteiger partial charge is 0.469 e. The van der Waals surface area contributed by atoms with Crippen molar-refractivity contribution in [3.05, 3.63) is 34.0 Å². The van der Waals surface area contributed by atoms with Crippen LogP contribution >= 0.6 is 27.3 Å². The van der Waals surface area contributed by atoms with Crippen molar-refractivity contribution in [2.24, 2.45) is 0 Å². The molecule has 2 heterocycles. The molecule has 0 saturated carbocycles. The Morgan fingerprint density at radius 2 is 2.28 bits per heavy atom. The van der Waals surface area contributed by atoms with E-state index in [9.17, 15) is 4.79 Å². The molecule has 4 nitrogen and oxygen atoms in total. The van der Waals surface area contributed by atoms with E-state index in [0.29, 0.717) is 18.7 Å². The maximum absolute atomic E-state index is 11.1. The second-order valence-corrected chi connectivity index (χ2v) is 6.00. The van der Waals surface area contributed by atoms with Gasteiger partial charge in [0.25, 0.3) is 0 Å². The Balaban J connectivity index is 2.12. The highest BCUT2D eigenvalue weighted by atomic mass is 79.9. The number of ether oxygens (including phenoxy) is 1. The lowest BCUT2D eigenvalue weighted by Gasteiger charge is -2.01. The van der Waals surface area contributed by atoms with Gasteiger partial charge in [0.1, 0.15) is 5.82 Å². The molecule has 0 saturated heterocycles. The van der Waals surface area contributed by atoms with Gasteiger partial charge in [0.2, 0.25) is 0 Å². The van der Waals surface area contributed by atoms with Gasteiger partial charge in [0.05, 0.1) is 27.9 Å². The third-order valence-corrected chi connectivity index (χ3v) is 3.96. The van der Waals surface area contributed by atoms with Crippen molar-refractivity contribution >= 4 is 33.2 Å². The number of nitrogens with zero attached hydrogens (tertiary/aromatic N) is 2. The van der Waals surface area contributed by atoms with E-state index in [1.165, 1.54) is 7.11 Å². The van der Waals surface area contributed by atoms with Crippen molar-refractivity contribution < 1.29 is 9.53 Å². The van der Waals surface area contributed by atoms with Crippen LogP contribution < -0.4 is 0 Å². The smallest absolute Gasteiger partial charge is 0.305 e. The van der Waals surface area contributed by atoms with Crippen LogP contribution in [0, 0.1) is 0 Å². The molecule has 0 amide bonds. The number of carbonyl (C=O) groups is 1. The van der Waals surface area contributed by atoms with Gasteiger partial charge in [0.15, 0.2) is 0 Å². The van der Waals surface area contributed by atoms with E-state index in [0.717, 1.165) is 14.4 Å². The molecule has 2 aromatic heterocycles. The minimum Gasteiger partial charge on any atom is -0.469 e. The molecule has 0 spiro atoms. The lowest BCUT2D eigenvalue weighted by Crippen LogP contribution is -2.04. The quantitative estimate of drug-likeness (QED) is 0.810. The molecule has 0 N–H and O–H groups in total. The summed E-state index contributed by atoms with van der Waals surface area (Å²) >= 11 is 5.03. The molecule has 0 aromatic carbocycles. The summed E-state index contributed by atoms with van der Waals surface area (Å²) in [5.74, 6) is 0.408. The normalized spacial score (nSPS) is 10.3. The lowest BCUT2D eigenvalue weighted by molar-refractivity contribution is -0.140. The molecule has 18 heavy (non-hydrogen) atoms. The van der Waals surface area contributed by atoms with Crippen molar-refractivity contribution in [2.45, 2.75) is 12.8 Å². The topological polar surface area (TPSA) is 52.1 Å². The molecule has 0 atom stereocenters. The number of esters is 1. The minimum absolute atomic E-state index is 0.247. The van der Waals surface area contributed by atoms with Crippen molar-refractivity contribution in [3.8, 4) is 10.6 Å². The van der Waals surface area contributed by atoms with Gasteiger partial charge >= 0.3 is 5.97 Å². The summed E-state index contributed by atoms with van der Waals surface area (Å²) in [6.45, 7) is 0. The van der Waals surface area contributed by atoms with E-state index >= 15 is 0 Å². The second kappa shape index (κ2) is 6.06. The fourth-order valence-electron chi connectivity index (χ4n) is 1.42. The highest BCUT2D eigenvalue weighted by molar-refractivity contribution is 9.11. The summed E-state index contributed by atoms with van der Waals surface area (Å²) in [7, 11) is 1.38. The Kier molecular flexibility index (Phi) is 4.43. The standard InChI is InChI=1S/C12H11BrN2O2S/c1-17-12(16)5-4-11-14-7-6-8(15-11)9-2-3-10(13)18-9/h2-3,6-7H,4-5H2,1H3. The van der Waals surface area contributed by atoms with Gasteiger partial charge in [-0.3, -0.25) is 4.79 Å². The van der Waals surface area contributed by atoms with Crippen molar-refractivity contribution in [3.63, 3.8) is 0 Å². The molecule has 0 aliphatic rings. The fourth-order valence-corrected chi connectivity index (χ4v) is 2.78. The third kappa shape index (κ3) is 3.36. The van der Waals surface area contributed by atoms with E-state index in [1.807, 2.05) is 18.2 Å². The first-order valence-electron chi connectivity index (χ1n) is 5.33. The zero-order valence-corrected chi connectivity index (χ0v) is 12.1. The van der Waals surface area contributed by atoms with Crippen LogP contribution in [-0.4, -0.2) is 23.0 Å². The van der Waals surface area contributed by atoms with Gasteiger partial charge in [-0.2, -0.15) is 0 Å². The number of halogens is 1. The molecule has 0 aliphatic heterocycles. The van der Waals surface area contributed by atoms with Crippen LogP contribution in [0.15, 0.2) is 28.2 Å². The Bertz CT molecular complexity index is 557. The molecule has 0 unspecified atom stereocenters. The van der Waals surface area contributed by atoms with Gasteiger partial charge < -0.3 is 4.74 Å². The number of hydrogen-bond acceptors (Lipinski definition) is 5. The first-order valence-corrected chi connectivity index (χ1v) is 6.94. The van der Waals surface area contributed by atoms with E-state index < -0.39 is 0 Å². The van der Waals surface area contributed by atoms with Crippen LogP contribution in [0.1, 0.15) is 12.2 Å². The summed E-state index contributed by atoms with van der Waals surface area (Å²) in [5.41, 5.74) is 0.876. The van der Waals surface area contributed by atoms with Crippen LogP contribution in [0.2, 0.25) is 0 Å². The summed E-state index contributed by atoms with van der Waals surface area (Å²) in [6.07, 6.45) is 2.50. The predicted molar refractivity (Wildman–Crippen MR) is 73.4 cm³/mol. The zero-order valence-electron chi connectivity index (χ0n) is 9.72. The molecule has 0 bridgehead atoms. The average Bonchev–Trinajstić information content (AvgIpc) is 2.83. The van der Waals surface area contributed by atoms with Crippen molar-refractivity contribution in [1.82, 2.24) is 9.97 Å². The lowest BCUT2D eigenvalue weighted by atomic mass is 10.2. The summed E-state index contributed by atoms with van der Waals surface area (Å²) in [4.78, 5) is 20.7. The van der Waals surface area contributed by atoms with Gasteiger partial charge in [-0.05, 0) is 34.1 Å². The molecule has 94 valence electrons. The first kappa shape index (κ1) is 13.2. The predicted octanol–water partition coefficient (Wildman–Crippen LogP) is 3.07. The van der Waals surface area contributed by atoms with Crippen molar-refractivity contribution in [1.29, 1.82) is 0 Å². The fraction of sp³-hybridized carbons (Fsp3) is 0.250. The highest BCUT2D eigenvalue weighted by Crippen LogP contribution is 2.29. The second-order valence-electron chi connectivity index (χ2n) is 3.54. The highest BCUT2D eigenvalue weighted by Gasteiger charge is 2.07. The number of carbonyl (C=O) groups excluding carboxylic acids is 1. The molecule has 2 rings (SSSR count). The molecule has 2 aromatic rings. The Morgan fingerprint density at radius 1 is 1.44 bits per heavy atom. The average molecular weight is 327 g/mol. The zero-order chi connectivity index (χ0) is 13.0. The van der Waals surface area contributed by atoms with Crippen LogP contribution in [0.3, 0.4) is 0 Å². The Labute approximate surface area is 117 Å². The molecule has 0 aliphatic carbocycles. The third-order valence-electron chi connectivity index (χ3n) is 2.31. The molecular weight excluding hydrogens is 316 g/mol. The number of methoxy groups -OCH3 is 1. The number of hydrogen-bond donors (Lipinski definition) is 0. The number of aryl methyl sites for hydroxylation is 1. The Morgan fingerprint density at radius 3 is 2.94 bits per heavy atom. The molecule has 0 radical (unpaired) electrons. The van der Waals surface area contributed by atoms with E-state index in [4.69, 9.17) is 0 Å². The Hall–Kier alpha value is -1.27. The van der Waals surface area contributed by atoms with Gasteiger partial charge in [0, 0.05) is 12.6 Å². The molecular formula is C12H11BrN2O2S. The maximum atomic E-state index is 11.1. The van der Waals surface area contributed by atoms with E-state index in [2.05, 4.69) is 30.6 Å². The van der Waals surface area contributed by atoms with E-state index in [1.54, 1.807) is 17.5 Å². The minimum atomic E-state index is -0.247. The van der Waals surface area contributed by atoms with Gasteiger partial charge in [-0.15, -0.1) is 11.3 Å². The maximum Gasteiger partial charge on any atom is 0.305 e. The van der Waals surface area contributed by atoms with Crippen molar-refractivity contribution in [2.75, 3.05) is 7.11 Å².